The highest BCUT2D eigenvalue weighted by molar-refractivity contribution is 5.51. The van der Waals surface area contributed by atoms with Crippen molar-refractivity contribution in [3.63, 3.8) is 0 Å². The first-order chi connectivity index (χ1) is 9.70. The lowest BCUT2D eigenvalue weighted by atomic mass is 10.1. The molecular formula is C16H27N3O. The number of ether oxygens (including phenoxy) is 1. The molecule has 4 nitrogen and oxygen atoms in total. The lowest BCUT2D eigenvalue weighted by Crippen LogP contribution is -2.44. The molecule has 0 bridgehead atoms. The molecule has 20 heavy (non-hydrogen) atoms. The Morgan fingerprint density at radius 2 is 1.95 bits per heavy atom. The molecule has 1 aliphatic rings. The van der Waals surface area contributed by atoms with Gasteiger partial charge in [-0.1, -0.05) is 6.07 Å². The summed E-state index contributed by atoms with van der Waals surface area (Å²) in [6, 6.07) is 6.83. The van der Waals surface area contributed by atoms with Crippen LogP contribution in [0.5, 0.6) is 0 Å². The van der Waals surface area contributed by atoms with E-state index in [1.807, 2.05) is 0 Å². The van der Waals surface area contributed by atoms with E-state index in [2.05, 4.69) is 47.3 Å². The highest BCUT2D eigenvalue weighted by atomic mass is 16.5. The lowest BCUT2D eigenvalue weighted by molar-refractivity contribution is 0.199. The number of aryl methyl sites for hydroxylation is 1. The van der Waals surface area contributed by atoms with Crippen molar-refractivity contribution in [2.24, 2.45) is 0 Å². The summed E-state index contributed by atoms with van der Waals surface area (Å²) >= 11 is 0. The van der Waals surface area contributed by atoms with E-state index in [1.54, 1.807) is 7.11 Å². The van der Waals surface area contributed by atoms with Gasteiger partial charge in [-0.3, -0.25) is 0 Å². The molecule has 0 spiro atoms. The van der Waals surface area contributed by atoms with Crippen molar-refractivity contribution in [3.8, 4) is 0 Å². The van der Waals surface area contributed by atoms with E-state index in [-0.39, 0.29) is 0 Å². The van der Waals surface area contributed by atoms with Crippen molar-refractivity contribution in [1.29, 1.82) is 0 Å². The summed E-state index contributed by atoms with van der Waals surface area (Å²) in [5.74, 6) is 0. The molecule has 1 N–H and O–H groups in total. The summed E-state index contributed by atoms with van der Waals surface area (Å²) in [6.07, 6.45) is 0. The first-order valence-electron chi connectivity index (χ1n) is 7.43. The summed E-state index contributed by atoms with van der Waals surface area (Å²) in [5.41, 5.74) is 4.10. The van der Waals surface area contributed by atoms with Crippen LogP contribution in [0, 0.1) is 6.92 Å². The Labute approximate surface area is 122 Å². The van der Waals surface area contributed by atoms with Crippen molar-refractivity contribution in [3.05, 3.63) is 29.3 Å². The van der Waals surface area contributed by atoms with Crippen molar-refractivity contribution >= 4 is 5.69 Å². The number of likely N-dealkylation sites (N-methyl/N-ethyl adjacent to an activating group) is 1. The first kappa shape index (κ1) is 15.3. The molecule has 112 valence electrons. The zero-order valence-electron chi connectivity index (χ0n) is 13.0. The molecule has 0 radical (unpaired) electrons. The molecule has 1 heterocycles. The van der Waals surface area contributed by atoms with Gasteiger partial charge in [0.05, 0.1) is 6.61 Å². The van der Waals surface area contributed by atoms with Gasteiger partial charge in [-0.25, -0.2) is 0 Å². The maximum atomic E-state index is 5.04. The summed E-state index contributed by atoms with van der Waals surface area (Å²) in [5, 5.41) is 3.40. The number of nitrogens with one attached hydrogen (secondary N) is 1. The Morgan fingerprint density at radius 1 is 1.20 bits per heavy atom. The predicted molar refractivity (Wildman–Crippen MR) is 84.5 cm³/mol. The molecule has 4 heteroatoms. The third-order valence-corrected chi connectivity index (χ3v) is 3.99. The molecule has 0 aliphatic carbocycles. The van der Waals surface area contributed by atoms with Crippen LogP contribution in [0.15, 0.2) is 18.2 Å². The minimum atomic E-state index is 0.762. The number of hydrogen-bond acceptors (Lipinski definition) is 4. The summed E-state index contributed by atoms with van der Waals surface area (Å²) in [7, 11) is 3.93. The van der Waals surface area contributed by atoms with Crippen LogP contribution >= 0.6 is 0 Å². The van der Waals surface area contributed by atoms with E-state index >= 15 is 0 Å². The monoisotopic (exact) mass is 277 g/mol. The van der Waals surface area contributed by atoms with E-state index in [0.29, 0.717) is 0 Å². The number of piperazine rings is 1. The fourth-order valence-electron chi connectivity index (χ4n) is 2.54. The van der Waals surface area contributed by atoms with Gasteiger partial charge < -0.3 is 19.9 Å². The van der Waals surface area contributed by atoms with Gasteiger partial charge in [0.25, 0.3) is 0 Å². The molecule has 0 atom stereocenters. The number of hydrogen-bond donors (Lipinski definition) is 1. The van der Waals surface area contributed by atoms with Crippen molar-refractivity contribution in [2.45, 2.75) is 13.5 Å². The third-order valence-electron chi connectivity index (χ3n) is 3.99. The van der Waals surface area contributed by atoms with E-state index < -0.39 is 0 Å². The molecule has 1 aromatic carbocycles. The predicted octanol–water partition coefficient (Wildman–Crippen LogP) is 1.48. The van der Waals surface area contributed by atoms with Gasteiger partial charge in [-0.2, -0.15) is 0 Å². The van der Waals surface area contributed by atoms with Crippen LogP contribution in [0.1, 0.15) is 11.1 Å². The Morgan fingerprint density at radius 3 is 2.60 bits per heavy atom. The molecule has 2 rings (SSSR count). The van der Waals surface area contributed by atoms with Gasteiger partial charge >= 0.3 is 0 Å². The molecule has 1 aromatic rings. The third kappa shape index (κ3) is 4.20. The molecule has 0 saturated carbocycles. The van der Waals surface area contributed by atoms with Crippen molar-refractivity contribution < 1.29 is 4.74 Å². The van der Waals surface area contributed by atoms with Gasteiger partial charge in [0.1, 0.15) is 0 Å². The minimum Gasteiger partial charge on any atom is -0.383 e. The molecule has 1 fully saturated rings. The van der Waals surface area contributed by atoms with E-state index in [1.165, 1.54) is 16.8 Å². The Hall–Kier alpha value is -1.10. The number of benzene rings is 1. The Balaban J connectivity index is 1.91. The molecule has 0 unspecified atom stereocenters. The number of rotatable bonds is 6. The zero-order valence-corrected chi connectivity index (χ0v) is 13.0. The van der Waals surface area contributed by atoms with Gasteiger partial charge in [-0.05, 0) is 37.2 Å². The second-order valence-electron chi connectivity index (χ2n) is 5.57. The minimum absolute atomic E-state index is 0.762. The smallest absolute Gasteiger partial charge is 0.0587 e. The average molecular weight is 277 g/mol. The summed E-state index contributed by atoms with van der Waals surface area (Å²) < 4.78 is 5.04. The van der Waals surface area contributed by atoms with Crippen molar-refractivity contribution in [1.82, 2.24) is 10.2 Å². The normalized spacial score (nSPS) is 16.6. The largest absolute Gasteiger partial charge is 0.383 e. The second-order valence-corrected chi connectivity index (χ2v) is 5.57. The van der Waals surface area contributed by atoms with Gasteiger partial charge in [0.15, 0.2) is 0 Å². The van der Waals surface area contributed by atoms with Crippen LogP contribution in [-0.4, -0.2) is 58.4 Å². The van der Waals surface area contributed by atoms with Crippen LogP contribution in [0.2, 0.25) is 0 Å². The molecule has 1 saturated heterocycles. The lowest BCUT2D eigenvalue weighted by Gasteiger charge is -2.34. The fourth-order valence-corrected chi connectivity index (χ4v) is 2.54. The van der Waals surface area contributed by atoms with Crippen LogP contribution in [0.4, 0.5) is 5.69 Å². The summed E-state index contributed by atoms with van der Waals surface area (Å²) in [4.78, 5) is 4.87. The van der Waals surface area contributed by atoms with Gasteiger partial charge in [0, 0.05) is 52.1 Å². The second kappa shape index (κ2) is 7.62. The number of methoxy groups -OCH3 is 1. The Kier molecular flexibility index (Phi) is 5.83. The zero-order chi connectivity index (χ0) is 14.4. The number of anilines is 1. The molecule has 1 aliphatic heterocycles. The standard InChI is InChI=1S/C16H27N3O/c1-14-12-16(19-9-7-18(2)8-10-19)5-4-15(14)13-17-6-11-20-3/h4-5,12,17H,6-11,13H2,1-3H3. The molecular weight excluding hydrogens is 250 g/mol. The van der Waals surface area contributed by atoms with Crippen LogP contribution in [0.3, 0.4) is 0 Å². The van der Waals surface area contributed by atoms with Crippen molar-refractivity contribution in [2.75, 3.05) is 58.4 Å². The van der Waals surface area contributed by atoms with Gasteiger partial charge in [-0.15, -0.1) is 0 Å². The molecule has 0 aromatic heterocycles. The van der Waals surface area contributed by atoms with Crippen LogP contribution < -0.4 is 10.2 Å². The van der Waals surface area contributed by atoms with E-state index in [0.717, 1.165) is 45.9 Å². The van der Waals surface area contributed by atoms with Crippen LogP contribution in [0.25, 0.3) is 0 Å². The fraction of sp³-hybridized carbons (Fsp3) is 0.625. The van der Waals surface area contributed by atoms with Crippen LogP contribution in [-0.2, 0) is 11.3 Å². The van der Waals surface area contributed by atoms with Gasteiger partial charge in [0.2, 0.25) is 0 Å². The topological polar surface area (TPSA) is 27.7 Å². The van der Waals surface area contributed by atoms with E-state index in [4.69, 9.17) is 4.74 Å². The maximum absolute atomic E-state index is 5.04. The highest BCUT2D eigenvalue weighted by Crippen LogP contribution is 2.20. The molecule has 0 amide bonds. The first-order valence-corrected chi connectivity index (χ1v) is 7.43. The van der Waals surface area contributed by atoms with E-state index in [9.17, 15) is 0 Å². The quantitative estimate of drug-likeness (QED) is 0.797. The highest BCUT2D eigenvalue weighted by Gasteiger charge is 2.14. The SMILES string of the molecule is COCCNCc1ccc(N2CCN(C)CC2)cc1C. The Bertz CT molecular complexity index is 414. The number of nitrogens with zero attached hydrogens (tertiary/aromatic N) is 2. The average Bonchev–Trinajstić information content (AvgIpc) is 2.46. The maximum Gasteiger partial charge on any atom is 0.0587 e. The summed E-state index contributed by atoms with van der Waals surface area (Å²) in [6.45, 7) is 9.33.